The van der Waals surface area contributed by atoms with Crippen LogP contribution in [0.4, 0.5) is 5.69 Å². The first-order chi connectivity index (χ1) is 10.6. The molecule has 2 nitrogen and oxygen atoms in total. The first-order valence-corrected chi connectivity index (χ1v) is 8.19. The molecule has 0 spiro atoms. The Balaban J connectivity index is 1.85. The van der Waals surface area contributed by atoms with Crippen LogP contribution in [0.15, 0.2) is 36.4 Å². The van der Waals surface area contributed by atoms with Crippen molar-refractivity contribution in [2.24, 2.45) is 0 Å². The first kappa shape index (κ1) is 13.7. The van der Waals surface area contributed by atoms with E-state index in [-0.39, 0.29) is 0 Å². The van der Waals surface area contributed by atoms with Crippen molar-refractivity contribution in [2.45, 2.75) is 26.2 Å². The van der Waals surface area contributed by atoms with Gasteiger partial charge in [0.15, 0.2) is 0 Å². The number of aromatic amines is 1. The second kappa shape index (κ2) is 5.06. The number of hydrogen-bond donors (Lipinski definition) is 2. The summed E-state index contributed by atoms with van der Waals surface area (Å²) in [4.78, 5) is 3.51. The van der Waals surface area contributed by atoms with Gasteiger partial charge in [-0.1, -0.05) is 37.6 Å². The van der Waals surface area contributed by atoms with Crippen LogP contribution in [0, 0.1) is 0 Å². The van der Waals surface area contributed by atoms with Gasteiger partial charge in [0, 0.05) is 39.4 Å². The predicted octanol–water partition coefficient (Wildman–Crippen LogP) is 5.58. The van der Waals surface area contributed by atoms with Crippen LogP contribution in [0.3, 0.4) is 0 Å². The van der Waals surface area contributed by atoms with E-state index in [1.54, 1.807) is 0 Å². The molecule has 2 heterocycles. The van der Waals surface area contributed by atoms with E-state index in [4.69, 9.17) is 11.6 Å². The molecule has 1 aromatic heterocycles. The van der Waals surface area contributed by atoms with E-state index in [2.05, 4.69) is 60.5 Å². The van der Waals surface area contributed by atoms with Crippen LogP contribution in [0.5, 0.6) is 0 Å². The van der Waals surface area contributed by atoms with Gasteiger partial charge in [0.2, 0.25) is 0 Å². The van der Waals surface area contributed by atoms with Crippen molar-refractivity contribution in [3.63, 3.8) is 0 Å². The molecule has 3 heteroatoms. The molecule has 0 unspecified atom stereocenters. The molecule has 0 radical (unpaired) electrons. The molecule has 3 aromatic rings. The number of hydrogen-bond acceptors (Lipinski definition) is 1. The number of rotatable bonds is 2. The summed E-state index contributed by atoms with van der Waals surface area (Å²) < 4.78 is 0. The maximum atomic E-state index is 6.54. The quantitative estimate of drug-likeness (QED) is 0.635. The second-order valence-corrected chi connectivity index (χ2v) is 6.75. The first-order valence-electron chi connectivity index (χ1n) is 7.81. The topological polar surface area (TPSA) is 27.8 Å². The SMILES string of the molecule is CC(C)c1cc2cc(Cl)c(-c3ccc4c(c3)NCC4)cc2[nH]1. The standard InChI is InChI=1S/C19H19ClN2/c1-11(2)17-9-14-7-16(20)15(10-19(14)22-17)13-4-3-12-5-6-21-18(12)8-13/h3-4,7-11,21-22H,5-6H2,1-2H3. The molecule has 1 aliphatic rings. The number of benzene rings is 2. The van der Waals surface area contributed by atoms with Crippen LogP contribution in [0.25, 0.3) is 22.0 Å². The maximum absolute atomic E-state index is 6.54. The summed E-state index contributed by atoms with van der Waals surface area (Å²) in [7, 11) is 0. The lowest BCUT2D eigenvalue weighted by Crippen LogP contribution is -1.91. The minimum Gasteiger partial charge on any atom is -0.384 e. The Morgan fingerprint density at radius 3 is 2.77 bits per heavy atom. The monoisotopic (exact) mass is 310 g/mol. The van der Waals surface area contributed by atoms with Crippen molar-refractivity contribution in [1.82, 2.24) is 4.98 Å². The number of halogens is 1. The van der Waals surface area contributed by atoms with E-state index in [0.717, 1.165) is 29.1 Å². The highest BCUT2D eigenvalue weighted by atomic mass is 35.5. The van der Waals surface area contributed by atoms with Gasteiger partial charge < -0.3 is 10.3 Å². The van der Waals surface area contributed by atoms with Crippen molar-refractivity contribution in [3.05, 3.63) is 52.7 Å². The normalized spacial score (nSPS) is 13.6. The van der Waals surface area contributed by atoms with Gasteiger partial charge in [-0.2, -0.15) is 0 Å². The van der Waals surface area contributed by atoms with Crippen molar-refractivity contribution in [3.8, 4) is 11.1 Å². The molecule has 0 amide bonds. The van der Waals surface area contributed by atoms with Crippen molar-refractivity contribution >= 4 is 28.2 Å². The molecule has 0 bridgehead atoms. The Labute approximate surface area is 135 Å². The predicted molar refractivity (Wildman–Crippen MR) is 95.0 cm³/mol. The lowest BCUT2D eigenvalue weighted by molar-refractivity contribution is 0.836. The van der Waals surface area contributed by atoms with Gasteiger partial charge in [-0.25, -0.2) is 0 Å². The Hall–Kier alpha value is -1.93. The third-order valence-electron chi connectivity index (χ3n) is 4.48. The molecule has 2 aromatic carbocycles. The largest absolute Gasteiger partial charge is 0.384 e. The smallest absolute Gasteiger partial charge is 0.0491 e. The van der Waals surface area contributed by atoms with E-state index in [1.807, 2.05) is 0 Å². The van der Waals surface area contributed by atoms with E-state index in [9.17, 15) is 0 Å². The van der Waals surface area contributed by atoms with Crippen LogP contribution in [0.2, 0.25) is 5.02 Å². The average molecular weight is 311 g/mol. The molecule has 22 heavy (non-hydrogen) atoms. The highest BCUT2D eigenvalue weighted by molar-refractivity contribution is 6.34. The molecule has 0 atom stereocenters. The molecule has 2 N–H and O–H groups in total. The summed E-state index contributed by atoms with van der Waals surface area (Å²) in [6.45, 7) is 5.42. The Morgan fingerprint density at radius 1 is 1.09 bits per heavy atom. The third-order valence-corrected chi connectivity index (χ3v) is 4.79. The number of aromatic nitrogens is 1. The molecular formula is C19H19ClN2. The fourth-order valence-corrected chi connectivity index (χ4v) is 3.45. The fraction of sp³-hybridized carbons (Fsp3) is 0.263. The zero-order chi connectivity index (χ0) is 15.3. The van der Waals surface area contributed by atoms with Crippen LogP contribution in [0.1, 0.15) is 31.0 Å². The molecule has 112 valence electrons. The van der Waals surface area contributed by atoms with Gasteiger partial charge >= 0.3 is 0 Å². The minimum absolute atomic E-state index is 0.485. The van der Waals surface area contributed by atoms with Gasteiger partial charge in [-0.05, 0) is 47.7 Å². The summed E-state index contributed by atoms with van der Waals surface area (Å²) in [6.07, 6.45) is 1.11. The van der Waals surface area contributed by atoms with Crippen LogP contribution >= 0.6 is 11.6 Å². The van der Waals surface area contributed by atoms with Gasteiger partial charge in [-0.15, -0.1) is 0 Å². The van der Waals surface area contributed by atoms with Crippen molar-refractivity contribution in [2.75, 3.05) is 11.9 Å². The highest BCUT2D eigenvalue weighted by Gasteiger charge is 2.14. The molecule has 1 aliphatic heterocycles. The number of anilines is 1. The lowest BCUT2D eigenvalue weighted by atomic mass is 10.0. The molecule has 0 fully saturated rings. The molecule has 0 saturated heterocycles. The van der Waals surface area contributed by atoms with Gasteiger partial charge in [0.25, 0.3) is 0 Å². The summed E-state index contributed by atoms with van der Waals surface area (Å²) >= 11 is 6.54. The molecule has 0 saturated carbocycles. The van der Waals surface area contributed by atoms with E-state index in [1.165, 1.54) is 27.9 Å². The lowest BCUT2D eigenvalue weighted by Gasteiger charge is -2.08. The number of H-pyrrole nitrogens is 1. The summed E-state index contributed by atoms with van der Waals surface area (Å²) in [5.41, 5.74) is 7.28. The third kappa shape index (κ3) is 2.19. The minimum atomic E-state index is 0.485. The second-order valence-electron chi connectivity index (χ2n) is 6.35. The highest BCUT2D eigenvalue weighted by Crippen LogP contribution is 2.36. The Morgan fingerprint density at radius 2 is 1.95 bits per heavy atom. The van der Waals surface area contributed by atoms with Gasteiger partial charge in [0.05, 0.1) is 0 Å². The zero-order valence-electron chi connectivity index (χ0n) is 12.8. The fourth-order valence-electron chi connectivity index (χ4n) is 3.17. The van der Waals surface area contributed by atoms with Crippen LogP contribution in [-0.4, -0.2) is 11.5 Å². The summed E-state index contributed by atoms with van der Waals surface area (Å²) in [6, 6.07) is 13.0. The summed E-state index contributed by atoms with van der Waals surface area (Å²) in [5.74, 6) is 0.485. The van der Waals surface area contributed by atoms with Crippen molar-refractivity contribution < 1.29 is 0 Å². The molecular weight excluding hydrogens is 292 g/mol. The average Bonchev–Trinajstić information content (AvgIpc) is 3.11. The number of fused-ring (bicyclic) bond motifs is 2. The van der Waals surface area contributed by atoms with E-state index >= 15 is 0 Å². The zero-order valence-corrected chi connectivity index (χ0v) is 13.6. The van der Waals surface area contributed by atoms with Crippen LogP contribution in [-0.2, 0) is 6.42 Å². The van der Waals surface area contributed by atoms with E-state index < -0.39 is 0 Å². The van der Waals surface area contributed by atoms with Gasteiger partial charge in [0.1, 0.15) is 0 Å². The van der Waals surface area contributed by atoms with E-state index in [0.29, 0.717) is 5.92 Å². The van der Waals surface area contributed by atoms with Crippen molar-refractivity contribution in [1.29, 1.82) is 0 Å². The number of nitrogens with one attached hydrogen (secondary N) is 2. The van der Waals surface area contributed by atoms with Gasteiger partial charge in [-0.3, -0.25) is 0 Å². The Kier molecular flexibility index (Phi) is 3.16. The van der Waals surface area contributed by atoms with Crippen LogP contribution < -0.4 is 5.32 Å². The maximum Gasteiger partial charge on any atom is 0.0491 e. The summed E-state index contributed by atoms with van der Waals surface area (Å²) in [5, 5.41) is 5.42. The molecule has 0 aliphatic carbocycles. The molecule has 4 rings (SSSR count). The Bertz CT molecular complexity index is 861.